The first-order valence-electron chi connectivity index (χ1n) is 14.6. The summed E-state index contributed by atoms with van der Waals surface area (Å²) >= 11 is 0. The zero-order valence-corrected chi connectivity index (χ0v) is 23.0. The van der Waals surface area contributed by atoms with Crippen molar-refractivity contribution in [3.05, 3.63) is 12.2 Å². The molecule has 0 aromatic rings. The van der Waals surface area contributed by atoms with Crippen LogP contribution >= 0.6 is 0 Å². The molecule has 2 spiro atoms. The van der Waals surface area contributed by atoms with E-state index in [-0.39, 0.29) is 5.41 Å². The van der Waals surface area contributed by atoms with Crippen LogP contribution < -0.4 is 0 Å². The standard InChI is InChI=1S/C32H52O/c1-9-23(21(2)3)11-10-22(4)24-14-16-30(8)26-13-12-25-28(5,6)27(33)15-17-31(25)20-32(26,31)19-18-29(24,30)7/h22-26H,2,9-20H2,1,3-8H3/t22-,23-,24-,25+,26+,29-,30+,31-,32+/m1/s1. The van der Waals surface area contributed by atoms with E-state index >= 15 is 0 Å². The monoisotopic (exact) mass is 452 g/mol. The van der Waals surface area contributed by atoms with Gasteiger partial charge in [0, 0.05) is 11.8 Å². The average Bonchev–Trinajstić information content (AvgIpc) is 3.34. The molecule has 5 aliphatic carbocycles. The van der Waals surface area contributed by atoms with Gasteiger partial charge in [-0.2, -0.15) is 0 Å². The number of fused-ring (bicyclic) bond motifs is 2. The maximum absolute atomic E-state index is 12.9. The van der Waals surface area contributed by atoms with Crippen molar-refractivity contribution in [3.8, 4) is 0 Å². The molecule has 0 aromatic heterocycles. The van der Waals surface area contributed by atoms with Gasteiger partial charge in [-0.3, -0.25) is 4.79 Å². The molecular formula is C32H52O. The molecule has 0 saturated heterocycles. The average molecular weight is 453 g/mol. The molecule has 5 rings (SSSR count). The molecule has 1 nitrogen and oxygen atoms in total. The minimum atomic E-state index is -0.0831. The van der Waals surface area contributed by atoms with Crippen LogP contribution in [-0.4, -0.2) is 5.78 Å². The first-order chi connectivity index (χ1) is 15.4. The van der Waals surface area contributed by atoms with Crippen molar-refractivity contribution in [3.63, 3.8) is 0 Å². The Balaban J connectivity index is 1.38. The van der Waals surface area contributed by atoms with Crippen molar-refractivity contribution in [2.75, 3.05) is 0 Å². The van der Waals surface area contributed by atoms with Crippen LogP contribution in [0.4, 0.5) is 0 Å². The summed E-state index contributed by atoms with van der Waals surface area (Å²) < 4.78 is 0. The molecule has 5 aliphatic rings. The van der Waals surface area contributed by atoms with Crippen LogP contribution in [0.1, 0.15) is 126 Å². The number of rotatable bonds is 6. The molecule has 9 atom stereocenters. The van der Waals surface area contributed by atoms with E-state index in [1.165, 1.54) is 76.2 Å². The predicted octanol–water partition coefficient (Wildman–Crippen LogP) is 9.01. The molecule has 0 aliphatic heterocycles. The molecule has 0 radical (unpaired) electrons. The van der Waals surface area contributed by atoms with Crippen LogP contribution in [0.3, 0.4) is 0 Å². The van der Waals surface area contributed by atoms with Gasteiger partial charge in [0.15, 0.2) is 0 Å². The second kappa shape index (κ2) is 7.46. The number of hydrogen-bond acceptors (Lipinski definition) is 1. The summed E-state index contributed by atoms with van der Waals surface area (Å²) in [6.07, 6.45) is 16.0. The molecular weight excluding hydrogens is 400 g/mol. The van der Waals surface area contributed by atoms with Crippen LogP contribution in [0.25, 0.3) is 0 Å². The van der Waals surface area contributed by atoms with E-state index in [9.17, 15) is 4.79 Å². The van der Waals surface area contributed by atoms with Crippen LogP contribution in [0.15, 0.2) is 12.2 Å². The van der Waals surface area contributed by atoms with Gasteiger partial charge >= 0.3 is 0 Å². The van der Waals surface area contributed by atoms with Crippen LogP contribution in [0.2, 0.25) is 0 Å². The number of allylic oxidation sites excluding steroid dienone is 1. The third-order valence-corrected chi connectivity index (χ3v) is 13.8. The quantitative estimate of drug-likeness (QED) is 0.367. The van der Waals surface area contributed by atoms with Gasteiger partial charge in [-0.05, 0) is 129 Å². The normalized spacial score (nSPS) is 49.3. The molecule has 0 amide bonds. The number of carbonyl (C=O) groups excluding carboxylic acids is 1. The minimum absolute atomic E-state index is 0.0831. The Kier molecular flexibility index (Phi) is 5.45. The maximum Gasteiger partial charge on any atom is 0.138 e. The van der Waals surface area contributed by atoms with Gasteiger partial charge in [0.05, 0.1) is 0 Å². The molecule has 0 unspecified atom stereocenters. The largest absolute Gasteiger partial charge is 0.299 e. The third-order valence-electron chi connectivity index (χ3n) is 13.8. The molecule has 1 heteroatoms. The lowest BCUT2D eigenvalue weighted by Gasteiger charge is -2.62. The Labute approximate surface area is 204 Å². The number of hydrogen-bond donors (Lipinski definition) is 0. The molecule has 33 heavy (non-hydrogen) atoms. The molecule has 5 fully saturated rings. The van der Waals surface area contributed by atoms with E-state index in [1.807, 2.05) is 0 Å². The Morgan fingerprint density at radius 1 is 0.939 bits per heavy atom. The highest BCUT2D eigenvalue weighted by atomic mass is 16.1. The first-order valence-corrected chi connectivity index (χ1v) is 14.6. The highest BCUT2D eigenvalue weighted by Crippen LogP contribution is 2.88. The summed E-state index contributed by atoms with van der Waals surface area (Å²) in [5.41, 5.74) is 3.40. The van der Waals surface area contributed by atoms with Gasteiger partial charge in [-0.25, -0.2) is 0 Å². The van der Waals surface area contributed by atoms with Gasteiger partial charge in [0.2, 0.25) is 0 Å². The molecule has 0 bridgehead atoms. The van der Waals surface area contributed by atoms with E-state index in [4.69, 9.17) is 0 Å². The zero-order valence-electron chi connectivity index (χ0n) is 23.0. The van der Waals surface area contributed by atoms with Crippen LogP contribution in [0, 0.1) is 56.7 Å². The summed E-state index contributed by atoms with van der Waals surface area (Å²) in [4.78, 5) is 12.9. The summed E-state index contributed by atoms with van der Waals surface area (Å²) in [6.45, 7) is 21.5. The first kappa shape index (κ1) is 24.1. The zero-order chi connectivity index (χ0) is 24.0. The molecule has 186 valence electrons. The lowest BCUT2D eigenvalue weighted by molar-refractivity contribution is -0.157. The summed E-state index contributed by atoms with van der Waals surface area (Å²) in [5.74, 6) is 4.54. The molecule has 0 aromatic carbocycles. The molecule has 0 N–H and O–H groups in total. The fourth-order valence-electron chi connectivity index (χ4n) is 11.6. The number of ketones is 1. The van der Waals surface area contributed by atoms with Gasteiger partial charge in [-0.1, -0.05) is 53.7 Å². The third kappa shape index (κ3) is 2.92. The Morgan fingerprint density at radius 3 is 2.27 bits per heavy atom. The highest BCUT2D eigenvalue weighted by molar-refractivity contribution is 5.86. The lowest BCUT2D eigenvalue weighted by Crippen LogP contribution is -2.57. The van der Waals surface area contributed by atoms with Gasteiger partial charge in [-0.15, -0.1) is 0 Å². The van der Waals surface area contributed by atoms with E-state index in [2.05, 4.69) is 55.0 Å². The van der Waals surface area contributed by atoms with E-state index in [0.29, 0.717) is 39.3 Å². The Bertz CT molecular complexity index is 837. The summed E-state index contributed by atoms with van der Waals surface area (Å²) in [5, 5.41) is 0. The van der Waals surface area contributed by atoms with Crippen molar-refractivity contribution in [1.82, 2.24) is 0 Å². The number of carbonyl (C=O) groups is 1. The lowest BCUT2D eigenvalue weighted by atomic mass is 9.42. The fraction of sp³-hybridized carbons (Fsp3) is 0.906. The Hall–Kier alpha value is -0.590. The van der Waals surface area contributed by atoms with Crippen molar-refractivity contribution in [2.45, 2.75) is 126 Å². The highest BCUT2D eigenvalue weighted by Gasteiger charge is 2.82. The van der Waals surface area contributed by atoms with Crippen molar-refractivity contribution in [2.24, 2.45) is 56.7 Å². The Morgan fingerprint density at radius 2 is 1.61 bits per heavy atom. The SMILES string of the molecule is C=C(C)[C@H](CC)CC[C@@H](C)[C@H]1CC[C@@]2(C)[C@@H]3CC[C@H]4C(C)(C)C(=O)CC[C@@]45C[C@@]35CC[C@]12C. The predicted molar refractivity (Wildman–Crippen MR) is 139 cm³/mol. The number of Topliss-reactive ketones (excluding diaryl/α,β-unsaturated/α-hetero) is 1. The smallest absolute Gasteiger partial charge is 0.138 e. The summed E-state index contributed by atoms with van der Waals surface area (Å²) in [6, 6.07) is 0. The van der Waals surface area contributed by atoms with Crippen molar-refractivity contribution >= 4 is 5.78 Å². The van der Waals surface area contributed by atoms with E-state index in [0.717, 1.165) is 24.2 Å². The summed E-state index contributed by atoms with van der Waals surface area (Å²) in [7, 11) is 0. The second-order valence-electron chi connectivity index (χ2n) is 14.8. The fourth-order valence-corrected chi connectivity index (χ4v) is 11.6. The van der Waals surface area contributed by atoms with E-state index in [1.54, 1.807) is 0 Å². The molecule has 0 heterocycles. The maximum atomic E-state index is 12.9. The minimum Gasteiger partial charge on any atom is -0.299 e. The van der Waals surface area contributed by atoms with Crippen LogP contribution in [-0.2, 0) is 4.79 Å². The topological polar surface area (TPSA) is 17.1 Å². The molecule has 5 saturated carbocycles. The van der Waals surface area contributed by atoms with Crippen LogP contribution in [0.5, 0.6) is 0 Å². The van der Waals surface area contributed by atoms with E-state index < -0.39 is 0 Å². The second-order valence-corrected chi connectivity index (χ2v) is 14.8. The van der Waals surface area contributed by atoms with Gasteiger partial charge in [0.25, 0.3) is 0 Å². The van der Waals surface area contributed by atoms with Crippen molar-refractivity contribution in [1.29, 1.82) is 0 Å². The van der Waals surface area contributed by atoms with Gasteiger partial charge in [0.1, 0.15) is 5.78 Å². The van der Waals surface area contributed by atoms with Gasteiger partial charge < -0.3 is 0 Å². The van der Waals surface area contributed by atoms with Crippen molar-refractivity contribution < 1.29 is 4.79 Å².